The van der Waals surface area contributed by atoms with Gasteiger partial charge in [-0.1, -0.05) is 15.9 Å². The maximum Gasteiger partial charge on any atom is 0.183 e. The number of ketones is 1. The zero-order chi connectivity index (χ0) is 7.56. The molecule has 1 heterocycles. The van der Waals surface area contributed by atoms with Crippen molar-refractivity contribution < 1.29 is 4.79 Å². The molecule has 0 aliphatic carbocycles. The van der Waals surface area contributed by atoms with E-state index >= 15 is 0 Å². The maximum atomic E-state index is 11.0. The molecule has 0 atom stereocenters. The average molecular weight is 331 g/mol. The summed E-state index contributed by atoms with van der Waals surface area (Å²) in [6.45, 7) is 0. The van der Waals surface area contributed by atoms with Gasteiger partial charge in [-0.2, -0.15) is 0 Å². The van der Waals surface area contributed by atoms with Crippen LogP contribution in [-0.4, -0.2) is 11.1 Å². The average Bonchev–Trinajstić information content (AvgIpc) is 2.34. The van der Waals surface area contributed by atoms with Crippen LogP contribution in [0, 0.1) is 2.88 Å². The van der Waals surface area contributed by atoms with E-state index in [0.717, 1.165) is 7.76 Å². The summed E-state index contributed by atoms with van der Waals surface area (Å²) in [5.41, 5.74) is 0. The third kappa shape index (κ3) is 2.03. The third-order valence-electron chi connectivity index (χ3n) is 0.969. The van der Waals surface area contributed by atoms with Crippen molar-refractivity contribution in [1.82, 2.24) is 0 Å². The first-order valence-corrected chi connectivity index (χ1v) is 5.60. The Bertz CT molecular complexity index is 246. The SMILES string of the molecule is O=C(CBr)c1ccc(I)s1. The summed E-state index contributed by atoms with van der Waals surface area (Å²) in [5.74, 6) is 0.160. The van der Waals surface area contributed by atoms with Gasteiger partial charge in [0.15, 0.2) is 5.78 Å². The number of hydrogen-bond donors (Lipinski definition) is 0. The Labute approximate surface area is 85.1 Å². The molecule has 0 aromatic carbocycles. The molecule has 0 fully saturated rings. The van der Waals surface area contributed by atoms with Crippen molar-refractivity contribution in [3.8, 4) is 0 Å². The number of Topliss-reactive ketones (excluding diaryl/α,β-unsaturated/α-hetero) is 1. The zero-order valence-corrected chi connectivity index (χ0v) is 9.49. The van der Waals surface area contributed by atoms with Crippen molar-refractivity contribution in [2.75, 3.05) is 5.33 Å². The second-order valence-corrected chi connectivity index (χ2v) is 5.20. The predicted molar refractivity (Wildman–Crippen MR) is 55.2 cm³/mol. The van der Waals surface area contributed by atoms with Gasteiger partial charge in [-0.25, -0.2) is 0 Å². The van der Waals surface area contributed by atoms with Crippen LogP contribution in [0.5, 0.6) is 0 Å². The molecule has 4 heteroatoms. The van der Waals surface area contributed by atoms with E-state index in [1.165, 1.54) is 11.3 Å². The second-order valence-electron chi connectivity index (χ2n) is 1.66. The minimum Gasteiger partial charge on any atom is -0.292 e. The van der Waals surface area contributed by atoms with E-state index in [1.54, 1.807) is 0 Å². The first-order valence-electron chi connectivity index (χ1n) is 2.58. The molecule has 0 saturated carbocycles. The van der Waals surface area contributed by atoms with Crippen molar-refractivity contribution >= 4 is 55.6 Å². The molecule has 0 amide bonds. The summed E-state index contributed by atoms with van der Waals surface area (Å²) in [6.07, 6.45) is 0. The molecule has 54 valence electrons. The standard InChI is InChI=1S/C6H4BrIOS/c7-3-4(9)5-1-2-6(8)10-5/h1-2H,3H2. The molecule has 0 aliphatic heterocycles. The maximum absolute atomic E-state index is 11.0. The first-order chi connectivity index (χ1) is 4.74. The van der Waals surface area contributed by atoms with E-state index in [2.05, 4.69) is 38.5 Å². The highest BCUT2D eigenvalue weighted by Crippen LogP contribution is 2.18. The highest BCUT2D eigenvalue weighted by Gasteiger charge is 2.05. The van der Waals surface area contributed by atoms with Crippen LogP contribution >= 0.6 is 49.9 Å². The van der Waals surface area contributed by atoms with Crippen LogP contribution in [0.1, 0.15) is 9.67 Å². The molecule has 1 rings (SSSR count). The molecular weight excluding hydrogens is 327 g/mol. The van der Waals surface area contributed by atoms with E-state index in [-0.39, 0.29) is 5.78 Å². The van der Waals surface area contributed by atoms with Crippen molar-refractivity contribution in [3.05, 3.63) is 19.9 Å². The molecule has 0 aliphatic rings. The summed E-state index contributed by atoms with van der Waals surface area (Å²) >= 11 is 6.84. The Balaban J connectivity index is 2.85. The molecule has 1 aromatic rings. The summed E-state index contributed by atoms with van der Waals surface area (Å²) in [4.78, 5) is 11.8. The largest absolute Gasteiger partial charge is 0.292 e. The highest BCUT2D eigenvalue weighted by atomic mass is 127. The van der Waals surface area contributed by atoms with Gasteiger partial charge in [0.2, 0.25) is 0 Å². The molecule has 0 unspecified atom stereocenters. The summed E-state index contributed by atoms with van der Waals surface area (Å²) in [6, 6.07) is 3.80. The molecule has 1 nitrogen and oxygen atoms in total. The van der Waals surface area contributed by atoms with Crippen LogP contribution in [0.2, 0.25) is 0 Å². The van der Waals surface area contributed by atoms with Crippen LogP contribution in [-0.2, 0) is 0 Å². The first kappa shape index (κ1) is 8.67. The van der Waals surface area contributed by atoms with Crippen LogP contribution in [0.25, 0.3) is 0 Å². The van der Waals surface area contributed by atoms with Gasteiger partial charge < -0.3 is 0 Å². The molecule has 0 bridgehead atoms. The fourth-order valence-corrected chi connectivity index (χ4v) is 2.58. The zero-order valence-electron chi connectivity index (χ0n) is 4.93. The quantitative estimate of drug-likeness (QED) is 0.463. The number of carbonyl (C=O) groups excluding carboxylic acids is 1. The van der Waals surface area contributed by atoms with Crippen LogP contribution in [0.3, 0.4) is 0 Å². The number of rotatable bonds is 2. The summed E-state index contributed by atoms with van der Waals surface area (Å²) in [5, 5.41) is 0.420. The third-order valence-corrected chi connectivity index (χ3v) is 3.41. The van der Waals surface area contributed by atoms with Crippen LogP contribution < -0.4 is 0 Å². The Morgan fingerprint density at radius 1 is 1.70 bits per heavy atom. The number of halogens is 2. The normalized spacial score (nSPS) is 9.80. The van der Waals surface area contributed by atoms with E-state index in [9.17, 15) is 4.79 Å². The van der Waals surface area contributed by atoms with E-state index in [1.807, 2.05) is 12.1 Å². The Morgan fingerprint density at radius 3 is 2.80 bits per heavy atom. The minimum atomic E-state index is 0.160. The lowest BCUT2D eigenvalue weighted by atomic mass is 10.4. The number of hydrogen-bond acceptors (Lipinski definition) is 2. The van der Waals surface area contributed by atoms with Gasteiger partial charge in [0.25, 0.3) is 0 Å². The second kappa shape index (κ2) is 3.82. The van der Waals surface area contributed by atoms with Gasteiger partial charge in [-0.3, -0.25) is 4.79 Å². The molecule has 0 radical (unpaired) electrons. The lowest BCUT2D eigenvalue weighted by Crippen LogP contribution is -1.94. The Kier molecular flexibility index (Phi) is 3.32. The van der Waals surface area contributed by atoms with Gasteiger partial charge in [0.1, 0.15) is 0 Å². The van der Waals surface area contributed by atoms with Crippen LogP contribution in [0.4, 0.5) is 0 Å². The Morgan fingerprint density at radius 2 is 2.40 bits per heavy atom. The molecule has 1 aromatic heterocycles. The minimum absolute atomic E-state index is 0.160. The van der Waals surface area contributed by atoms with E-state index in [4.69, 9.17) is 0 Å². The van der Waals surface area contributed by atoms with Gasteiger partial charge in [0.05, 0.1) is 13.1 Å². The fourth-order valence-electron chi connectivity index (χ4n) is 0.530. The molecule has 0 spiro atoms. The summed E-state index contributed by atoms with van der Waals surface area (Å²) in [7, 11) is 0. The Hall–Kier alpha value is 0.580. The summed E-state index contributed by atoms with van der Waals surface area (Å²) < 4.78 is 1.15. The lowest BCUT2D eigenvalue weighted by Gasteiger charge is -1.85. The van der Waals surface area contributed by atoms with Gasteiger partial charge in [-0.15, -0.1) is 11.3 Å². The number of alkyl halides is 1. The lowest BCUT2D eigenvalue weighted by molar-refractivity contribution is 0.102. The number of thiophene rings is 1. The van der Waals surface area contributed by atoms with Crippen molar-refractivity contribution in [1.29, 1.82) is 0 Å². The highest BCUT2D eigenvalue weighted by molar-refractivity contribution is 14.1. The van der Waals surface area contributed by atoms with Gasteiger partial charge in [-0.05, 0) is 34.7 Å². The topological polar surface area (TPSA) is 17.1 Å². The smallest absolute Gasteiger partial charge is 0.183 e. The molecule has 10 heavy (non-hydrogen) atoms. The predicted octanol–water partition coefficient (Wildman–Crippen LogP) is 2.93. The fraction of sp³-hybridized carbons (Fsp3) is 0.167. The van der Waals surface area contributed by atoms with E-state index in [0.29, 0.717) is 5.33 Å². The van der Waals surface area contributed by atoms with Gasteiger partial charge in [0, 0.05) is 0 Å². The molecular formula is C6H4BrIOS. The monoisotopic (exact) mass is 330 g/mol. The molecule has 0 N–H and O–H groups in total. The van der Waals surface area contributed by atoms with Crippen molar-refractivity contribution in [2.24, 2.45) is 0 Å². The van der Waals surface area contributed by atoms with E-state index < -0.39 is 0 Å². The van der Waals surface area contributed by atoms with Crippen molar-refractivity contribution in [2.45, 2.75) is 0 Å². The van der Waals surface area contributed by atoms with Crippen molar-refractivity contribution in [3.63, 3.8) is 0 Å². The van der Waals surface area contributed by atoms with Crippen LogP contribution in [0.15, 0.2) is 12.1 Å². The molecule has 0 saturated heterocycles. The van der Waals surface area contributed by atoms with Gasteiger partial charge >= 0.3 is 0 Å². The number of carbonyl (C=O) groups is 1.